The largest absolute Gasteiger partial charge is 0.306 e. The Bertz CT molecular complexity index is 605. The van der Waals surface area contributed by atoms with Gasteiger partial charge in [0.25, 0.3) is 5.91 Å². The lowest BCUT2D eigenvalue weighted by molar-refractivity contribution is 0.101. The Hall–Kier alpha value is -2.01. The van der Waals surface area contributed by atoms with Crippen LogP contribution in [0.1, 0.15) is 31.8 Å². The summed E-state index contributed by atoms with van der Waals surface area (Å²) in [5.41, 5.74) is 1.02. The van der Waals surface area contributed by atoms with Crippen molar-refractivity contribution in [2.45, 2.75) is 13.8 Å². The first-order valence-corrected chi connectivity index (χ1v) is 6.22. The summed E-state index contributed by atoms with van der Waals surface area (Å²) in [4.78, 5) is 28.2. The highest BCUT2D eigenvalue weighted by Gasteiger charge is 2.11. The number of ketones is 1. The lowest BCUT2D eigenvalue weighted by Gasteiger charge is -2.02. The van der Waals surface area contributed by atoms with Gasteiger partial charge in [0, 0.05) is 6.20 Å². The highest BCUT2D eigenvalue weighted by atomic mass is 32.1. The molecule has 2 heterocycles. The van der Waals surface area contributed by atoms with Crippen LogP contribution in [0.15, 0.2) is 30.5 Å². The molecule has 0 aliphatic carbocycles. The molecule has 0 aromatic carbocycles. The third-order valence-corrected chi connectivity index (χ3v) is 3.52. The van der Waals surface area contributed by atoms with Crippen LogP contribution in [0.3, 0.4) is 0 Å². The molecule has 0 atom stereocenters. The SMILES string of the molecule is CC(=O)c1ccc(C(=O)Nc2cc(C)ccn2)s1. The third-order valence-electron chi connectivity index (χ3n) is 2.33. The van der Waals surface area contributed by atoms with Crippen molar-refractivity contribution >= 4 is 28.8 Å². The average Bonchev–Trinajstić information content (AvgIpc) is 2.78. The van der Waals surface area contributed by atoms with Crippen LogP contribution in [0.2, 0.25) is 0 Å². The molecule has 2 rings (SSSR count). The van der Waals surface area contributed by atoms with Crippen LogP contribution in [-0.4, -0.2) is 16.7 Å². The van der Waals surface area contributed by atoms with Gasteiger partial charge in [-0.3, -0.25) is 9.59 Å². The summed E-state index contributed by atoms with van der Waals surface area (Å²) < 4.78 is 0. The van der Waals surface area contributed by atoms with E-state index in [1.807, 2.05) is 13.0 Å². The Morgan fingerprint density at radius 3 is 2.56 bits per heavy atom. The van der Waals surface area contributed by atoms with Crippen molar-refractivity contribution in [1.29, 1.82) is 0 Å². The molecule has 0 saturated heterocycles. The Morgan fingerprint density at radius 2 is 1.94 bits per heavy atom. The number of carbonyl (C=O) groups excluding carboxylic acids is 2. The van der Waals surface area contributed by atoms with Crippen molar-refractivity contribution in [3.8, 4) is 0 Å². The molecule has 92 valence electrons. The number of amides is 1. The van der Waals surface area contributed by atoms with E-state index in [2.05, 4.69) is 10.3 Å². The number of hydrogen-bond acceptors (Lipinski definition) is 4. The van der Waals surface area contributed by atoms with Gasteiger partial charge in [-0.25, -0.2) is 4.98 Å². The van der Waals surface area contributed by atoms with Crippen molar-refractivity contribution in [3.63, 3.8) is 0 Å². The molecule has 2 aromatic heterocycles. The summed E-state index contributed by atoms with van der Waals surface area (Å²) >= 11 is 1.18. The van der Waals surface area contributed by atoms with E-state index in [4.69, 9.17) is 0 Å². The fourth-order valence-electron chi connectivity index (χ4n) is 1.43. The average molecular weight is 260 g/mol. The first-order chi connectivity index (χ1) is 8.56. The number of anilines is 1. The van der Waals surface area contributed by atoms with Crippen LogP contribution in [0.4, 0.5) is 5.82 Å². The van der Waals surface area contributed by atoms with E-state index in [0.29, 0.717) is 15.6 Å². The predicted molar refractivity (Wildman–Crippen MR) is 71.3 cm³/mol. The number of hydrogen-bond donors (Lipinski definition) is 1. The minimum Gasteiger partial charge on any atom is -0.306 e. The topological polar surface area (TPSA) is 59.1 Å². The number of carbonyl (C=O) groups is 2. The van der Waals surface area contributed by atoms with Crippen LogP contribution in [-0.2, 0) is 0 Å². The van der Waals surface area contributed by atoms with Crippen LogP contribution in [0.5, 0.6) is 0 Å². The maximum absolute atomic E-state index is 11.9. The van der Waals surface area contributed by atoms with E-state index in [0.717, 1.165) is 5.56 Å². The highest BCUT2D eigenvalue weighted by Crippen LogP contribution is 2.18. The molecule has 0 aliphatic heterocycles. The van der Waals surface area contributed by atoms with Crippen molar-refractivity contribution in [2.24, 2.45) is 0 Å². The Labute approximate surface area is 109 Å². The maximum atomic E-state index is 11.9. The van der Waals surface area contributed by atoms with Gasteiger partial charge < -0.3 is 5.32 Å². The first-order valence-electron chi connectivity index (χ1n) is 5.41. The Balaban J connectivity index is 2.14. The minimum atomic E-state index is -0.245. The van der Waals surface area contributed by atoms with Gasteiger partial charge in [-0.15, -0.1) is 11.3 Å². The number of pyridine rings is 1. The van der Waals surface area contributed by atoms with Gasteiger partial charge in [-0.05, 0) is 43.7 Å². The van der Waals surface area contributed by atoms with Crippen LogP contribution >= 0.6 is 11.3 Å². The van der Waals surface area contributed by atoms with E-state index in [1.54, 1.807) is 24.4 Å². The zero-order valence-corrected chi connectivity index (χ0v) is 10.9. The summed E-state index contributed by atoms with van der Waals surface area (Å²) in [6.45, 7) is 3.41. The van der Waals surface area contributed by atoms with E-state index in [1.165, 1.54) is 18.3 Å². The number of aryl methyl sites for hydroxylation is 1. The second-order valence-corrected chi connectivity index (χ2v) is 4.98. The van der Waals surface area contributed by atoms with Crippen LogP contribution in [0.25, 0.3) is 0 Å². The standard InChI is InChI=1S/C13H12N2O2S/c1-8-5-6-14-12(7-8)15-13(17)11-4-3-10(18-11)9(2)16/h3-7H,1-2H3,(H,14,15,17). The summed E-state index contributed by atoms with van der Waals surface area (Å²) in [5, 5.41) is 2.70. The summed E-state index contributed by atoms with van der Waals surface area (Å²) in [6, 6.07) is 6.95. The van der Waals surface area contributed by atoms with Crippen molar-refractivity contribution < 1.29 is 9.59 Å². The highest BCUT2D eigenvalue weighted by molar-refractivity contribution is 7.16. The van der Waals surface area contributed by atoms with Crippen molar-refractivity contribution in [3.05, 3.63) is 45.8 Å². The molecule has 0 fully saturated rings. The second kappa shape index (κ2) is 5.10. The molecule has 2 aromatic rings. The summed E-state index contributed by atoms with van der Waals surface area (Å²) in [7, 11) is 0. The summed E-state index contributed by atoms with van der Waals surface area (Å²) in [5.74, 6) is 0.233. The molecule has 4 nitrogen and oxygen atoms in total. The lowest BCUT2D eigenvalue weighted by atomic mass is 10.3. The van der Waals surface area contributed by atoms with Crippen molar-refractivity contribution in [1.82, 2.24) is 4.98 Å². The molecule has 18 heavy (non-hydrogen) atoms. The molecule has 0 spiro atoms. The number of aromatic nitrogens is 1. The fraction of sp³-hybridized carbons (Fsp3) is 0.154. The quantitative estimate of drug-likeness (QED) is 0.863. The van der Waals surface area contributed by atoms with Gasteiger partial charge >= 0.3 is 0 Å². The Kier molecular flexibility index (Phi) is 3.53. The molecule has 0 saturated carbocycles. The Morgan fingerprint density at radius 1 is 1.22 bits per heavy atom. The molecule has 1 N–H and O–H groups in total. The normalized spacial score (nSPS) is 10.1. The van der Waals surface area contributed by atoms with Crippen LogP contribution in [0, 0.1) is 6.92 Å². The number of nitrogens with zero attached hydrogens (tertiary/aromatic N) is 1. The molecule has 1 amide bonds. The number of thiophene rings is 1. The molecular formula is C13H12N2O2S. The van der Waals surface area contributed by atoms with E-state index in [-0.39, 0.29) is 11.7 Å². The minimum absolute atomic E-state index is 0.0345. The van der Waals surface area contributed by atoms with E-state index >= 15 is 0 Å². The maximum Gasteiger partial charge on any atom is 0.266 e. The molecule has 0 radical (unpaired) electrons. The zero-order valence-electron chi connectivity index (χ0n) is 10.1. The molecule has 5 heteroatoms. The van der Waals surface area contributed by atoms with Gasteiger partial charge in [-0.2, -0.15) is 0 Å². The third kappa shape index (κ3) is 2.81. The molecule has 0 unspecified atom stereocenters. The van der Waals surface area contributed by atoms with Gasteiger partial charge in [0.05, 0.1) is 9.75 Å². The number of nitrogens with one attached hydrogen (secondary N) is 1. The van der Waals surface area contributed by atoms with Gasteiger partial charge in [0.15, 0.2) is 5.78 Å². The molecule has 0 bridgehead atoms. The van der Waals surface area contributed by atoms with Crippen molar-refractivity contribution in [2.75, 3.05) is 5.32 Å². The van der Waals surface area contributed by atoms with E-state index < -0.39 is 0 Å². The monoisotopic (exact) mass is 260 g/mol. The number of Topliss-reactive ketones (excluding diaryl/α,β-unsaturated/α-hetero) is 1. The van der Waals surface area contributed by atoms with Gasteiger partial charge in [0.2, 0.25) is 0 Å². The fourth-order valence-corrected chi connectivity index (χ4v) is 2.23. The van der Waals surface area contributed by atoms with Gasteiger partial charge in [0.1, 0.15) is 5.82 Å². The lowest BCUT2D eigenvalue weighted by Crippen LogP contribution is -2.11. The first kappa shape index (κ1) is 12.4. The second-order valence-electron chi connectivity index (χ2n) is 3.89. The smallest absolute Gasteiger partial charge is 0.266 e. The zero-order chi connectivity index (χ0) is 13.1. The molecular weight excluding hydrogens is 248 g/mol. The van der Waals surface area contributed by atoms with Gasteiger partial charge in [-0.1, -0.05) is 0 Å². The summed E-state index contributed by atoms with van der Waals surface area (Å²) in [6.07, 6.45) is 1.64. The molecule has 0 aliphatic rings. The number of rotatable bonds is 3. The van der Waals surface area contributed by atoms with E-state index in [9.17, 15) is 9.59 Å². The van der Waals surface area contributed by atoms with Crippen LogP contribution < -0.4 is 5.32 Å². The predicted octanol–water partition coefficient (Wildman–Crippen LogP) is 2.91.